The maximum absolute atomic E-state index is 8.71. The van der Waals surface area contributed by atoms with Crippen molar-refractivity contribution >= 4 is 0 Å². The smallest absolute Gasteiger partial charge is 0.147 e. The molecule has 0 spiro atoms. The molecule has 0 bridgehead atoms. The molecule has 0 amide bonds. The first-order valence-corrected chi connectivity index (χ1v) is 5.84. The van der Waals surface area contributed by atoms with E-state index in [4.69, 9.17) is 10.00 Å². The maximum atomic E-state index is 8.71. The Bertz CT molecular complexity index is 303. The lowest BCUT2D eigenvalue weighted by Crippen LogP contribution is -2.11. The van der Waals surface area contributed by atoms with Crippen LogP contribution in [-0.2, 0) is 4.74 Å². The molecule has 0 N–H and O–H groups in total. The molecule has 1 atom stereocenters. The summed E-state index contributed by atoms with van der Waals surface area (Å²) in [7, 11) is 0. The number of hydrogen-bond acceptors (Lipinski definition) is 3. The van der Waals surface area contributed by atoms with Gasteiger partial charge >= 0.3 is 0 Å². The molecule has 0 saturated heterocycles. The fraction of sp³-hybridized carbons (Fsp3) is 0.667. The lowest BCUT2D eigenvalue weighted by molar-refractivity contribution is 0.00373. The van der Waals surface area contributed by atoms with Gasteiger partial charge in [-0.1, -0.05) is 26.2 Å². The lowest BCUT2D eigenvalue weighted by atomic mass is 10.2. The summed E-state index contributed by atoms with van der Waals surface area (Å²) in [6.07, 6.45) is 10.1. The summed E-state index contributed by atoms with van der Waals surface area (Å²) in [6, 6.07) is 2.13. The summed E-state index contributed by atoms with van der Waals surface area (Å²) in [6.45, 7) is 2.90. The fourth-order valence-electron chi connectivity index (χ4n) is 1.52. The van der Waals surface area contributed by atoms with Crippen LogP contribution in [-0.4, -0.2) is 16.2 Å². The van der Waals surface area contributed by atoms with E-state index in [1.165, 1.54) is 19.3 Å². The lowest BCUT2D eigenvalue weighted by Gasteiger charge is -2.16. The van der Waals surface area contributed by atoms with Gasteiger partial charge < -0.3 is 9.30 Å². The zero-order valence-electron chi connectivity index (χ0n) is 9.80. The SMILES string of the molecule is CCCCCCOC(CC#N)n1ccnc1. The Labute approximate surface area is 96.9 Å². The highest BCUT2D eigenvalue weighted by atomic mass is 16.5. The Morgan fingerprint density at radius 3 is 2.94 bits per heavy atom. The molecule has 1 heterocycles. The molecule has 0 radical (unpaired) electrons. The van der Waals surface area contributed by atoms with Crippen molar-refractivity contribution in [1.82, 2.24) is 9.55 Å². The molecule has 0 aliphatic carbocycles. The van der Waals surface area contributed by atoms with Gasteiger partial charge in [0.25, 0.3) is 0 Å². The Morgan fingerprint density at radius 2 is 2.31 bits per heavy atom. The van der Waals surface area contributed by atoms with E-state index in [0.29, 0.717) is 13.0 Å². The minimum Gasteiger partial charge on any atom is -0.357 e. The first-order valence-electron chi connectivity index (χ1n) is 5.84. The molecular formula is C12H19N3O. The molecule has 0 aliphatic rings. The third-order valence-corrected chi connectivity index (χ3v) is 2.43. The van der Waals surface area contributed by atoms with Crippen LogP contribution in [0.5, 0.6) is 0 Å². The second-order valence-corrected chi connectivity index (χ2v) is 3.76. The quantitative estimate of drug-likeness (QED) is 0.634. The maximum Gasteiger partial charge on any atom is 0.147 e. The summed E-state index contributed by atoms with van der Waals surface area (Å²) in [4.78, 5) is 3.96. The van der Waals surface area contributed by atoms with E-state index in [9.17, 15) is 0 Å². The molecule has 16 heavy (non-hydrogen) atoms. The van der Waals surface area contributed by atoms with Crippen LogP contribution >= 0.6 is 0 Å². The number of ether oxygens (including phenoxy) is 1. The Balaban J connectivity index is 2.27. The molecule has 1 rings (SSSR count). The highest BCUT2D eigenvalue weighted by Gasteiger charge is 2.09. The van der Waals surface area contributed by atoms with Gasteiger partial charge in [0.2, 0.25) is 0 Å². The molecule has 0 fully saturated rings. The van der Waals surface area contributed by atoms with Crippen molar-refractivity contribution in [3.63, 3.8) is 0 Å². The molecule has 1 aromatic rings. The summed E-state index contributed by atoms with van der Waals surface area (Å²) >= 11 is 0. The zero-order valence-corrected chi connectivity index (χ0v) is 9.80. The summed E-state index contributed by atoms with van der Waals surface area (Å²) in [5, 5.41) is 8.71. The fourth-order valence-corrected chi connectivity index (χ4v) is 1.52. The number of unbranched alkanes of at least 4 members (excludes halogenated alkanes) is 3. The Kier molecular flexibility index (Phi) is 6.28. The van der Waals surface area contributed by atoms with Crippen molar-refractivity contribution in [2.24, 2.45) is 0 Å². The molecular weight excluding hydrogens is 202 g/mol. The number of hydrogen-bond donors (Lipinski definition) is 0. The average Bonchev–Trinajstić information content (AvgIpc) is 2.81. The average molecular weight is 221 g/mol. The van der Waals surface area contributed by atoms with Gasteiger partial charge in [0, 0.05) is 19.0 Å². The summed E-state index contributed by atoms with van der Waals surface area (Å²) in [5.74, 6) is 0. The second kappa shape index (κ2) is 7.89. The van der Waals surface area contributed by atoms with Crippen molar-refractivity contribution in [3.05, 3.63) is 18.7 Å². The van der Waals surface area contributed by atoms with Crippen LogP contribution < -0.4 is 0 Å². The van der Waals surface area contributed by atoms with Crippen molar-refractivity contribution < 1.29 is 4.74 Å². The van der Waals surface area contributed by atoms with Crippen molar-refractivity contribution in [1.29, 1.82) is 5.26 Å². The topological polar surface area (TPSA) is 50.8 Å². The van der Waals surface area contributed by atoms with Crippen LogP contribution in [0.15, 0.2) is 18.7 Å². The monoisotopic (exact) mass is 221 g/mol. The van der Waals surface area contributed by atoms with E-state index < -0.39 is 0 Å². The molecule has 4 heteroatoms. The first kappa shape index (κ1) is 12.7. The van der Waals surface area contributed by atoms with E-state index in [-0.39, 0.29) is 6.23 Å². The van der Waals surface area contributed by atoms with Crippen LogP contribution in [0.2, 0.25) is 0 Å². The van der Waals surface area contributed by atoms with Crippen molar-refractivity contribution in [2.45, 2.75) is 45.3 Å². The van der Waals surface area contributed by atoms with Crippen molar-refractivity contribution in [2.75, 3.05) is 6.61 Å². The number of nitrogens with zero attached hydrogens (tertiary/aromatic N) is 3. The summed E-state index contributed by atoms with van der Waals surface area (Å²) < 4.78 is 7.51. The number of rotatable bonds is 8. The van der Waals surface area contributed by atoms with Crippen LogP contribution in [0, 0.1) is 11.3 Å². The molecule has 88 valence electrons. The molecule has 1 unspecified atom stereocenters. The second-order valence-electron chi connectivity index (χ2n) is 3.76. The van der Waals surface area contributed by atoms with Crippen LogP contribution in [0.25, 0.3) is 0 Å². The van der Waals surface area contributed by atoms with Gasteiger partial charge in [-0.25, -0.2) is 4.98 Å². The van der Waals surface area contributed by atoms with Gasteiger partial charge in [-0.05, 0) is 6.42 Å². The molecule has 4 nitrogen and oxygen atoms in total. The number of nitriles is 1. The molecule has 1 aromatic heterocycles. The van der Waals surface area contributed by atoms with Gasteiger partial charge in [0.05, 0.1) is 18.8 Å². The van der Waals surface area contributed by atoms with Crippen LogP contribution in [0.1, 0.15) is 45.3 Å². The van der Waals surface area contributed by atoms with Gasteiger partial charge in [-0.2, -0.15) is 5.26 Å². The Hall–Kier alpha value is -1.34. The number of imidazole rings is 1. The molecule has 0 saturated carbocycles. The normalized spacial score (nSPS) is 12.2. The molecule has 0 aliphatic heterocycles. The highest BCUT2D eigenvalue weighted by molar-refractivity contribution is 4.82. The third kappa shape index (κ3) is 4.45. The predicted octanol–water partition coefficient (Wildman–Crippen LogP) is 2.89. The standard InChI is InChI=1S/C12H19N3O/c1-2-3-4-5-10-16-12(6-7-13)15-9-8-14-11-15/h8-9,11-12H,2-6,10H2,1H3. The third-order valence-electron chi connectivity index (χ3n) is 2.43. The highest BCUT2D eigenvalue weighted by Crippen LogP contribution is 2.13. The minimum atomic E-state index is -0.186. The summed E-state index contributed by atoms with van der Waals surface area (Å²) in [5.41, 5.74) is 0. The van der Waals surface area contributed by atoms with Gasteiger partial charge in [0.1, 0.15) is 6.23 Å². The largest absolute Gasteiger partial charge is 0.357 e. The zero-order chi connectivity index (χ0) is 11.6. The first-order chi connectivity index (χ1) is 7.88. The molecule has 0 aromatic carbocycles. The van der Waals surface area contributed by atoms with Gasteiger partial charge in [0.15, 0.2) is 0 Å². The van der Waals surface area contributed by atoms with E-state index in [1.807, 2.05) is 10.8 Å². The van der Waals surface area contributed by atoms with E-state index in [1.54, 1.807) is 12.5 Å². The minimum absolute atomic E-state index is 0.186. The number of aromatic nitrogens is 2. The van der Waals surface area contributed by atoms with E-state index in [0.717, 1.165) is 6.42 Å². The van der Waals surface area contributed by atoms with E-state index >= 15 is 0 Å². The van der Waals surface area contributed by atoms with Gasteiger partial charge in [-0.3, -0.25) is 0 Å². The van der Waals surface area contributed by atoms with Crippen LogP contribution in [0.4, 0.5) is 0 Å². The van der Waals surface area contributed by atoms with Crippen molar-refractivity contribution in [3.8, 4) is 6.07 Å². The van der Waals surface area contributed by atoms with E-state index in [2.05, 4.69) is 18.0 Å². The predicted molar refractivity (Wildman–Crippen MR) is 61.6 cm³/mol. The van der Waals surface area contributed by atoms with Gasteiger partial charge in [-0.15, -0.1) is 0 Å². The Morgan fingerprint density at radius 1 is 1.44 bits per heavy atom. The van der Waals surface area contributed by atoms with Crippen LogP contribution in [0.3, 0.4) is 0 Å².